The molecule has 1 aliphatic carbocycles. The maximum absolute atomic E-state index is 11.8. The van der Waals surface area contributed by atoms with Crippen LogP contribution < -0.4 is 10.9 Å². The van der Waals surface area contributed by atoms with Crippen LogP contribution in [-0.4, -0.2) is 27.2 Å². The summed E-state index contributed by atoms with van der Waals surface area (Å²) >= 11 is 1.30. The zero-order chi connectivity index (χ0) is 13.8. The zero-order valence-corrected chi connectivity index (χ0v) is 12.0. The molecule has 1 heterocycles. The number of aromatic nitrogens is 2. The second-order valence-electron chi connectivity index (χ2n) is 4.83. The summed E-state index contributed by atoms with van der Waals surface area (Å²) in [6.45, 7) is 3.87. The fourth-order valence-electron chi connectivity index (χ4n) is 1.69. The topological polar surface area (TPSA) is 74.8 Å². The van der Waals surface area contributed by atoms with Gasteiger partial charge in [0, 0.05) is 17.8 Å². The molecule has 0 spiro atoms. The third-order valence-corrected chi connectivity index (χ3v) is 3.84. The summed E-state index contributed by atoms with van der Waals surface area (Å²) in [6.07, 6.45) is 3.87. The maximum Gasteiger partial charge on any atom is 0.251 e. The third kappa shape index (κ3) is 4.38. The monoisotopic (exact) mass is 281 g/mol. The molecule has 1 aromatic rings. The number of hydrogen-bond acceptors (Lipinski definition) is 4. The van der Waals surface area contributed by atoms with E-state index in [0.717, 1.165) is 31.4 Å². The first kappa shape index (κ1) is 14.1. The van der Waals surface area contributed by atoms with E-state index in [1.807, 2.05) is 13.8 Å². The smallest absolute Gasteiger partial charge is 0.251 e. The van der Waals surface area contributed by atoms with Crippen LogP contribution in [0.25, 0.3) is 0 Å². The van der Waals surface area contributed by atoms with E-state index in [1.54, 1.807) is 0 Å². The summed E-state index contributed by atoms with van der Waals surface area (Å²) in [4.78, 5) is 30.4. The molecule has 0 unspecified atom stereocenters. The zero-order valence-electron chi connectivity index (χ0n) is 11.2. The van der Waals surface area contributed by atoms with Crippen LogP contribution in [0.3, 0.4) is 0 Å². The van der Waals surface area contributed by atoms with Gasteiger partial charge in [0.15, 0.2) is 5.16 Å². The average Bonchev–Trinajstić information content (AvgIpc) is 3.12. The van der Waals surface area contributed by atoms with Crippen LogP contribution in [0.4, 0.5) is 0 Å². The third-order valence-electron chi connectivity index (χ3n) is 2.86. The highest BCUT2D eigenvalue weighted by atomic mass is 32.2. The summed E-state index contributed by atoms with van der Waals surface area (Å²) in [5, 5.41) is 3.22. The standard InChI is InChI=1S/C13H19N3O2S/c1-3-4-10-7-11(17)16-13(15-10)19-8(2)12(18)14-9-5-6-9/h7-9H,3-6H2,1-2H3,(H,14,18)(H,15,16,17)/t8-/m0/s1. The second kappa shape index (κ2) is 6.23. The molecule has 1 aliphatic rings. The van der Waals surface area contributed by atoms with Crippen molar-refractivity contribution in [3.8, 4) is 0 Å². The lowest BCUT2D eigenvalue weighted by Crippen LogP contribution is -2.32. The highest BCUT2D eigenvalue weighted by molar-refractivity contribution is 8.00. The van der Waals surface area contributed by atoms with Gasteiger partial charge < -0.3 is 10.3 Å². The van der Waals surface area contributed by atoms with Crippen molar-refractivity contribution in [1.29, 1.82) is 0 Å². The molecule has 0 aromatic carbocycles. The van der Waals surface area contributed by atoms with E-state index in [0.29, 0.717) is 11.2 Å². The highest BCUT2D eigenvalue weighted by Crippen LogP contribution is 2.22. The van der Waals surface area contributed by atoms with Crippen molar-refractivity contribution in [3.05, 3.63) is 22.1 Å². The van der Waals surface area contributed by atoms with E-state index in [1.165, 1.54) is 17.8 Å². The largest absolute Gasteiger partial charge is 0.352 e. The molecule has 0 saturated heterocycles. The van der Waals surface area contributed by atoms with E-state index in [9.17, 15) is 9.59 Å². The van der Waals surface area contributed by atoms with Crippen molar-refractivity contribution < 1.29 is 4.79 Å². The molecule has 6 heteroatoms. The predicted octanol–water partition coefficient (Wildman–Crippen LogP) is 1.48. The Bertz CT molecular complexity index is 511. The summed E-state index contributed by atoms with van der Waals surface area (Å²) in [5.41, 5.74) is 0.624. The summed E-state index contributed by atoms with van der Waals surface area (Å²) in [6, 6.07) is 1.87. The minimum absolute atomic E-state index is 0.0102. The molecule has 1 aromatic heterocycles. The molecule has 104 valence electrons. The number of hydrogen-bond donors (Lipinski definition) is 2. The number of nitrogens with one attached hydrogen (secondary N) is 2. The van der Waals surface area contributed by atoms with Crippen LogP contribution in [0.1, 0.15) is 38.8 Å². The molecule has 0 radical (unpaired) electrons. The number of aromatic amines is 1. The highest BCUT2D eigenvalue weighted by Gasteiger charge is 2.26. The van der Waals surface area contributed by atoms with Gasteiger partial charge in [-0.3, -0.25) is 9.59 Å². The van der Waals surface area contributed by atoms with E-state index in [2.05, 4.69) is 15.3 Å². The normalized spacial score (nSPS) is 16.1. The van der Waals surface area contributed by atoms with Crippen LogP contribution in [0.5, 0.6) is 0 Å². The van der Waals surface area contributed by atoms with Gasteiger partial charge in [0.25, 0.3) is 5.56 Å². The molecule has 1 fully saturated rings. The van der Waals surface area contributed by atoms with Gasteiger partial charge in [-0.1, -0.05) is 25.1 Å². The number of aryl methyl sites for hydroxylation is 1. The number of rotatable bonds is 6. The molecule has 2 N–H and O–H groups in total. The summed E-state index contributed by atoms with van der Waals surface area (Å²) in [7, 11) is 0. The van der Waals surface area contributed by atoms with Gasteiger partial charge in [0.1, 0.15) is 0 Å². The SMILES string of the molecule is CCCc1cc(=O)[nH]c(S[C@@H](C)C(=O)NC2CC2)n1. The van der Waals surface area contributed by atoms with Gasteiger partial charge in [-0.15, -0.1) is 0 Å². The molecule has 0 bridgehead atoms. The lowest BCUT2D eigenvalue weighted by Gasteiger charge is -2.11. The van der Waals surface area contributed by atoms with Gasteiger partial charge in [0.05, 0.1) is 5.25 Å². The maximum atomic E-state index is 11.8. The fraction of sp³-hybridized carbons (Fsp3) is 0.615. The van der Waals surface area contributed by atoms with Gasteiger partial charge in [-0.05, 0) is 26.2 Å². The molecule has 1 atom stereocenters. The van der Waals surface area contributed by atoms with Gasteiger partial charge in [0.2, 0.25) is 5.91 Å². The quantitative estimate of drug-likeness (QED) is 0.612. The lowest BCUT2D eigenvalue weighted by molar-refractivity contribution is -0.120. The number of nitrogens with zero attached hydrogens (tertiary/aromatic N) is 1. The van der Waals surface area contributed by atoms with Crippen molar-refractivity contribution >= 4 is 17.7 Å². The van der Waals surface area contributed by atoms with Crippen LogP contribution >= 0.6 is 11.8 Å². The van der Waals surface area contributed by atoms with Gasteiger partial charge >= 0.3 is 0 Å². The van der Waals surface area contributed by atoms with E-state index < -0.39 is 0 Å². The number of carbonyl (C=O) groups is 1. The Morgan fingerprint density at radius 3 is 3.00 bits per heavy atom. The first-order valence-corrected chi connectivity index (χ1v) is 7.53. The van der Waals surface area contributed by atoms with Crippen molar-refractivity contribution in [2.45, 2.75) is 56.0 Å². The number of thioether (sulfide) groups is 1. The predicted molar refractivity (Wildman–Crippen MR) is 75.3 cm³/mol. The minimum atomic E-state index is -0.249. The molecule has 1 amide bonds. The number of amides is 1. The van der Waals surface area contributed by atoms with Gasteiger partial charge in [-0.2, -0.15) is 0 Å². The van der Waals surface area contributed by atoms with E-state index >= 15 is 0 Å². The Morgan fingerprint density at radius 1 is 1.63 bits per heavy atom. The Balaban J connectivity index is 2.00. The Morgan fingerprint density at radius 2 is 2.37 bits per heavy atom. The van der Waals surface area contributed by atoms with Gasteiger partial charge in [-0.25, -0.2) is 4.98 Å². The molecule has 2 rings (SSSR count). The fourth-order valence-corrected chi connectivity index (χ4v) is 2.53. The van der Waals surface area contributed by atoms with Crippen molar-refractivity contribution in [1.82, 2.24) is 15.3 Å². The van der Waals surface area contributed by atoms with Crippen LogP contribution in [0, 0.1) is 0 Å². The molecule has 5 nitrogen and oxygen atoms in total. The first-order chi connectivity index (χ1) is 9.08. The van der Waals surface area contributed by atoms with Crippen LogP contribution in [0.2, 0.25) is 0 Å². The Hall–Kier alpha value is -1.30. The average molecular weight is 281 g/mol. The number of carbonyl (C=O) groups excluding carboxylic acids is 1. The summed E-state index contributed by atoms with van der Waals surface area (Å²) < 4.78 is 0. The molecule has 0 aliphatic heterocycles. The Kier molecular flexibility index (Phi) is 4.63. The second-order valence-corrected chi connectivity index (χ2v) is 6.16. The van der Waals surface area contributed by atoms with Crippen molar-refractivity contribution in [2.24, 2.45) is 0 Å². The van der Waals surface area contributed by atoms with Crippen LogP contribution in [-0.2, 0) is 11.2 Å². The Labute approximate surface area is 116 Å². The van der Waals surface area contributed by atoms with Crippen LogP contribution in [0.15, 0.2) is 16.0 Å². The van der Waals surface area contributed by atoms with Crippen molar-refractivity contribution in [2.75, 3.05) is 0 Å². The molecule has 1 saturated carbocycles. The number of H-pyrrole nitrogens is 1. The minimum Gasteiger partial charge on any atom is -0.352 e. The first-order valence-electron chi connectivity index (χ1n) is 6.65. The lowest BCUT2D eigenvalue weighted by atomic mass is 10.2. The van der Waals surface area contributed by atoms with E-state index in [-0.39, 0.29) is 16.7 Å². The van der Waals surface area contributed by atoms with E-state index in [4.69, 9.17) is 0 Å². The molecular formula is C13H19N3O2S. The molecule has 19 heavy (non-hydrogen) atoms. The van der Waals surface area contributed by atoms with Crippen molar-refractivity contribution in [3.63, 3.8) is 0 Å². The molecular weight excluding hydrogens is 262 g/mol. The summed E-state index contributed by atoms with van der Waals surface area (Å²) in [5.74, 6) is 0.0102.